The molecule has 2 aliphatic heterocycles. The summed E-state index contributed by atoms with van der Waals surface area (Å²) in [5.74, 6) is 7.56. The van der Waals surface area contributed by atoms with Crippen molar-refractivity contribution in [2.24, 2.45) is 0 Å². The largest absolute Gasteiger partial charge is 0.487 e. The van der Waals surface area contributed by atoms with E-state index in [0.29, 0.717) is 16.6 Å². The molecule has 0 aliphatic carbocycles. The Balaban J connectivity index is 1.04. The van der Waals surface area contributed by atoms with E-state index in [2.05, 4.69) is 37.3 Å². The van der Waals surface area contributed by atoms with Gasteiger partial charge < -0.3 is 24.8 Å². The first-order chi connectivity index (χ1) is 20.6. The molecule has 2 atom stereocenters. The summed E-state index contributed by atoms with van der Waals surface area (Å²) < 4.78 is 31.6. The third kappa shape index (κ3) is 7.55. The summed E-state index contributed by atoms with van der Waals surface area (Å²) >= 11 is 8.03. The van der Waals surface area contributed by atoms with E-state index in [9.17, 15) is 4.39 Å². The third-order valence-corrected chi connectivity index (χ3v) is 8.46. The lowest BCUT2D eigenvalue weighted by atomic mass is 10.2. The fraction of sp³-hybridized carbons (Fsp3) is 0.355. The maximum absolute atomic E-state index is 13.4. The minimum atomic E-state index is -0.301. The number of fused-ring (bicyclic) bond motifs is 1. The number of ether oxygens (including phenoxy) is 3. The molecular weight excluding hydrogens is 577 g/mol. The van der Waals surface area contributed by atoms with Gasteiger partial charge in [0.05, 0.1) is 52.1 Å². The van der Waals surface area contributed by atoms with Gasteiger partial charge in [-0.25, -0.2) is 14.4 Å². The van der Waals surface area contributed by atoms with Crippen molar-refractivity contribution in [1.82, 2.24) is 20.2 Å². The van der Waals surface area contributed by atoms with Crippen molar-refractivity contribution in [3.63, 3.8) is 0 Å². The summed E-state index contributed by atoms with van der Waals surface area (Å²) in [4.78, 5) is 12.2. The lowest BCUT2D eigenvalue weighted by Crippen LogP contribution is -2.38. The van der Waals surface area contributed by atoms with Crippen LogP contribution in [-0.2, 0) is 16.1 Å². The standard InChI is InChI=1S/C31H31ClFN5O3S/c32-27-16-24(5-7-29(27)41-19-21-2-1-3-22(33)14-21)37-31-30-28(35-20-36-31)17-26(42-30)6-4-23-15-25(18-34-23)40-13-10-38-8-11-39-12-9-38/h1-3,5,7,14,16-17,20,23,25,34H,8-13,15,18-19H2,(H,35,36,37)/t23-,25-/m1/s1. The number of halogens is 2. The van der Waals surface area contributed by atoms with Gasteiger partial charge in [0.15, 0.2) is 5.82 Å². The monoisotopic (exact) mass is 607 g/mol. The predicted octanol–water partition coefficient (Wildman–Crippen LogP) is 5.24. The van der Waals surface area contributed by atoms with E-state index >= 15 is 0 Å². The number of morpholine rings is 1. The second-order valence-electron chi connectivity index (χ2n) is 10.1. The van der Waals surface area contributed by atoms with Crippen LogP contribution in [0.5, 0.6) is 5.75 Å². The summed E-state index contributed by atoms with van der Waals surface area (Å²) in [6, 6.07) is 13.8. The van der Waals surface area contributed by atoms with Crippen molar-refractivity contribution >= 4 is 44.7 Å². The van der Waals surface area contributed by atoms with Crippen molar-refractivity contribution < 1.29 is 18.6 Å². The van der Waals surface area contributed by atoms with Gasteiger partial charge in [0, 0.05) is 38.3 Å². The van der Waals surface area contributed by atoms with Crippen LogP contribution in [0.3, 0.4) is 0 Å². The predicted molar refractivity (Wildman–Crippen MR) is 163 cm³/mol. The van der Waals surface area contributed by atoms with Crippen LogP contribution in [-0.4, -0.2) is 73.0 Å². The topological polar surface area (TPSA) is 80.8 Å². The van der Waals surface area contributed by atoms with E-state index in [1.807, 2.05) is 12.1 Å². The first kappa shape index (κ1) is 28.8. The smallest absolute Gasteiger partial charge is 0.151 e. The normalized spacial score (nSPS) is 19.0. The number of aromatic nitrogens is 2. The molecule has 0 radical (unpaired) electrons. The molecule has 0 amide bonds. The van der Waals surface area contributed by atoms with Gasteiger partial charge >= 0.3 is 0 Å². The van der Waals surface area contributed by atoms with Gasteiger partial charge in [-0.3, -0.25) is 4.90 Å². The van der Waals surface area contributed by atoms with Crippen molar-refractivity contribution in [1.29, 1.82) is 0 Å². The minimum Gasteiger partial charge on any atom is -0.487 e. The van der Waals surface area contributed by atoms with Crippen LogP contribution < -0.4 is 15.4 Å². The van der Waals surface area contributed by atoms with Crippen molar-refractivity contribution in [2.45, 2.75) is 25.2 Å². The lowest BCUT2D eigenvalue weighted by Gasteiger charge is -2.26. The van der Waals surface area contributed by atoms with E-state index in [4.69, 9.17) is 25.8 Å². The second kappa shape index (κ2) is 13.8. The Morgan fingerprint density at radius 1 is 1.17 bits per heavy atom. The van der Waals surface area contributed by atoms with E-state index in [1.54, 1.807) is 35.6 Å². The Bertz CT molecular complexity index is 1590. The van der Waals surface area contributed by atoms with Crippen LogP contribution in [0, 0.1) is 17.7 Å². The van der Waals surface area contributed by atoms with E-state index in [0.717, 1.165) is 78.8 Å². The Kier molecular flexibility index (Phi) is 9.45. The first-order valence-corrected chi connectivity index (χ1v) is 15.1. The average molecular weight is 608 g/mol. The zero-order chi connectivity index (χ0) is 28.7. The van der Waals surface area contributed by atoms with Crippen LogP contribution in [0.1, 0.15) is 16.9 Å². The summed E-state index contributed by atoms with van der Waals surface area (Å²) in [5.41, 5.74) is 2.31. The zero-order valence-electron chi connectivity index (χ0n) is 22.9. The Hall–Kier alpha value is -3.30. The summed E-state index contributed by atoms with van der Waals surface area (Å²) in [5, 5.41) is 7.24. The second-order valence-corrected chi connectivity index (χ2v) is 11.6. The molecule has 218 valence electrons. The van der Waals surface area contributed by atoms with Crippen LogP contribution in [0.25, 0.3) is 10.2 Å². The van der Waals surface area contributed by atoms with Crippen LogP contribution in [0.15, 0.2) is 54.9 Å². The molecule has 11 heteroatoms. The third-order valence-electron chi connectivity index (χ3n) is 7.11. The molecule has 0 bridgehead atoms. The molecule has 2 N–H and O–H groups in total. The summed E-state index contributed by atoms with van der Waals surface area (Å²) in [6.07, 6.45) is 2.58. The van der Waals surface area contributed by atoms with Gasteiger partial charge in [0.1, 0.15) is 24.5 Å². The zero-order valence-corrected chi connectivity index (χ0v) is 24.5. The summed E-state index contributed by atoms with van der Waals surface area (Å²) in [7, 11) is 0. The Morgan fingerprint density at radius 2 is 2.07 bits per heavy atom. The number of thiophene rings is 1. The molecule has 2 aromatic heterocycles. The van der Waals surface area contributed by atoms with Gasteiger partial charge in [0.25, 0.3) is 0 Å². The quantitative estimate of drug-likeness (QED) is 0.250. The highest BCUT2D eigenvalue weighted by molar-refractivity contribution is 7.20. The number of hydrogen-bond donors (Lipinski definition) is 2. The lowest BCUT2D eigenvalue weighted by molar-refractivity contribution is 0.00613. The van der Waals surface area contributed by atoms with Gasteiger partial charge in [-0.05, 0) is 42.0 Å². The van der Waals surface area contributed by atoms with Crippen molar-refractivity contribution in [3.8, 4) is 17.6 Å². The van der Waals surface area contributed by atoms with Crippen molar-refractivity contribution in [2.75, 3.05) is 51.3 Å². The molecule has 0 unspecified atom stereocenters. The van der Waals surface area contributed by atoms with Crippen LogP contribution in [0.2, 0.25) is 5.02 Å². The molecule has 6 rings (SSSR count). The molecule has 4 aromatic rings. The molecule has 2 saturated heterocycles. The highest BCUT2D eigenvalue weighted by Gasteiger charge is 2.23. The molecule has 2 aromatic carbocycles. The average Bonchev–Trinajstić information content (AvgIpc) is 3.63. The molecule has 2 fully saturated rings. The van der Waals surface area contributed by atoms with E-state index < -0.39 is 0 Å². The Morgan fingerprint density at radius 3 is 2.93 bits per heavy atom. The molecular formula is C31H31ClFN5O3S. The van der Waals surface area contributed by atoms with Gasteiger partial charge in [-0.15, -0.1) is 11.3 Å². The van der Waals surface area contributed by atoms with Crippen LogP contribution >= 0.6 is 22.9 Å². The number of nitrogens with one attached hydrogen (secondary N) is 2. The fourth-order valence-corrected chi connectivity index (χ4v) is 6.05. The molecule has 2 aliphatic rings. The number of hydrogen-bond acceptors (Lipinski definition) is 9. The number of rotatable bonds is 9. The number of benzene rings is 2. The maximum Gasteiger partial charge on any atom is 0.151 e. The molecule has 8 nitrogen and oxygen atoms in total. The molecule has 4 heterocycles. The number of nitrogens with zero attached hydrogens (tertiary/aromatic N) is 3. The first-order valence-electron chi connectivity index (χ1n) is 13.9. The SMILES string of the molecule is Fc1cccc(COc2ccc(Nc3ncnc4cc(C#C[C@@H]5C[C@@H](OCCN6CCOCC6)CN5)sc34)cc2Cl)c1. The van der Waals surface area contributed by atoms with Gasteiger partial charge in [-0.2, -0.15) is 0 Å². The highest BCUT2D eigenvalue weighted by atomic mass is 35.5. The van der Waals surface area contributed by atoms with Gasteiger partial charge in [-0.1, -0.05) is 35.6 Å². The number of anilines is 2. The highest BCUT2D eigenvalue weighted by Crippen LogP contribution is 2.33. The molecule has 0 saturated carbocycles. The fourth-order valence-electron chi connectivity index (χ4n) is 4.90. The van der Waals surface area contributed by atoms with Gasteiger partial charge in [0.2, 0.25) is 0 Å². The Labute approximate surface area is 253 Å². The van der Waals surface area contributed by atoms with Crippen LogP contribution in [0.4, 0.5) is 15.9 Å². The van der Waals surface area contributed by atoms with E-state index in [1.165, 1.54) is 18.5 Å². The van der Waals surface area contributed by atoms with Crippen molar-refractivity contribution in [3.05, 3.63) is 76.1 Å². The molecule has 42 heavy (non-hydrogen) atoms. The summed E-state index contributed by atoms with van der Waals surface area (Å²) in [6.45, 7) is 6.27. The maximum atomic E-state index is 13.4. The van der Waals surface area contributed by atoms with E-state index in [-0.39, 0.29) is 24.6 Å². The minimum absolute atomic E-state index is 0.0936. The molecule has 0 spiro atoms.